The molecule has 2 amide bonds. The van der Waals surface area contributed by atoms with E-state index in [1.54, 1.807) is 12.1 Å². The van der Waals surface area contributed by atoms with Crippen LogP contribution in [0.25, 0.3) is 0 Å². The molecule has 0 aromatic heterocycles. The zero-order chi connectivity index (χ0) is 11.0. The number of carbonyl (C=O) groups is 2. The molecule has 0 saturated heterocycles. The number of amides is 2. The van der Waals surface area contributed by atoms with E-state index in [-0.39, 0.29) is 11.1 Å². The lowest BCUT2D eigenvalue weighted by Gasteiger charge is -2.10. The van der Waals surface area contributed by atoms with Gasteiger partial charge in [0.05, 0.1) is 11.1 Å². The number of thiocarbonyl (C=S) groups is 1. The van der Waals surface area contributed by atoms with Crippen molar-refractivity contribution in [3.05, 3.63) is 35.4 Å². The molecule has 1 heterocycles. The third-order valence-electron chi connectivity index (χ3n) is 1.92. The van der Waals surface area contributed by atoms with E-state index < -0.39 is 16.3 Å². The summed E-state index contributed by atoms with van der Waals surface area (Å²) in [6.45, 7) is 0. The smallest absolute Gasteiger partial charge is 0.295 e. The number of hydrogen-bond donors (Lipinski definition) is 0. The second-order valence-electron chi connectivity index (χ2n) is 2.78. The molecule has 15 heavy (non-hydrogen) atoms. The molecule has 1 aliphatic rings. The Morgan fingerprint density at radius 3 is 2.07 bits per heavy atom. The Hall–Kier alpha value is -1.46. The highest BCUT2D eigenvalue weighted by molar-refractivity contribution is 7.82. The topological polar surface area (TPSA) is 46.6 Å². The summed E-state index contributed by atoms with van der Waals surface area (Å²) in [5.74, 6) is -1.11. The van der Waals surface area contributed by atoms with Gasteiger partial charge in [0, 0.05) is 0 Å². The van der Waals surface area contributed by atoms with E-state index in [1.807, 2.05) is 0 Å². The van der Waals surface area contributed by atoms with Crippen LogP contribution < -0.4 is 0 Å². The standard InChI is InChI=1S/C9H4ClNO3S/c10-9(15)14-11-7(12)5-3-1-2-4-6(5)8(11)13/h1-4H. The summed E-state index contributed by atoms with van der Waals surface area (Å²) in [6, 6.07) is 6.39. The second kappa shape index (κ2) is 3.60. The van der Waals surface area contributed by atoms with Crippen LogP contribution in [-0.4, -0.2) is 21.4 Å². The fourth-order valence-electron chi connectivity index (χ4n) is 1.32. The number of benzene rings is 1. The first-order valence-corrected chi connectivity index (χ1v) is 4.75. The van der Waals surface area contributed by atoms with E-state index in [9.17, 15) is 9.59 Å². The zero-order valence-electron chi connectivity index (χ0n) is 7.27. The molecule has 1 aromatic carbocycles. The van der Waals surface area contributed by atoms with Crippen LogP contribution in [0.15, 0.2) is 24.3 Å². The van der Waals surface area contributed by atoms with Gasteiger partial charge in [-0.1, -0.05) is 17.2 Å². The van der Waals surface area contributed by atoms with Gasteiger partial charge in [0.15, 0.2) is 0 Å². The van der Waals surface area contributed by atoms with E-state index in [4.69, 9.17) is 11.6 Å². The molecule has 0 unspecified atom stereocenters. The average Bonchev–Trinajstić information content (AvgIpc) is 2.44. The lowest BCUT2D eigenvalue weighted by Crippen LogP contribution is -2.30. The minimum absolute atomic E-state index is 0.287. The van der Waals surface area contributed by atoms with Gasteiger partial charge in [-0.25, -0.2) is 0 Å². The van der Waals surface area contributed by atoms with E-state index in [2.05, 4.69) is 17.1 Å². The van der Waals surface area contributed by atoms with Crippen molar-refractivity contribution in [2.75, 3.05) is 0 Å². The van der Waals surface area contributed by atoms with Gasteiger partial charge in [-0.3, -0.25) is 9.59 Å². The van der Waals surface area contributed by atoms with Crippen LogP contribution in [0.1, 0.15) is 20.7 Å². The van der Waals surface area contributed by atoms with E-state index in [0.717, 1.165) is 0 Å². The van der Waals surface area contributed by atoms with Crippen LogP contribution in [0.4, 0.5) is 0 Å². The van der Waals surface area contributed by atoms with Gasteiger partial charge < -0.3 is 4.84 Å². The predicted molar refractivity (Wildman–Crippen MR) is 56.5 cm³/mol. The van der Waals surface area contributed by atoms with Gasteiger partial charge in [0.2, 0.25) is 0 Å². The first-order valence-electron chi connectivity index (χ1n) is 3.96. The van der Waals surface area contributed by atoms with Crippen LogP contribution >= 0.6 is 23.8 Å². The van der Waals surface area contributed by atoms with Crippen molar-refractivity contribution in [1.29, 1.82) is 0 Å². The lowest BCUT2D eigenvalue weighted by molar-refractivity contribution is -0.0179. The van der Waals surface area contributed by atoms with E-state index in [1.165, 1.54) is 12.1 Å². The van der Waals surface area contributed by atoms with Crippen LogP contribution in [-0.2, 0) is 4.84 Å². The lowest BCUT2D eigenvalue weighted by atomic mass is 10.1. The number of carbonyl (C=O) groups excluding carboxylic acids is 2. The van der Waals surface area contributed by atoms with E-state index in [0.29, 0.717) is 5.06 Å². The van der Waals surface area contributed by atoms with Crippen molar-refractivity contribution in [2.45, 2.75) is 0 Å². The first-order chi connectivity index (χ1) is 7.11. The Morgan fingerprint density at radius 1 is 1.20 bits per heavy atom. The molecule has 0 spiro atoms. The summed E-state index contributed by atoms with van der Waals surface area (Å²) in [7, 11) is 0. The van der Waals surface area contributed by atoms with E-state index >= 15 is 0 Å². The molecule has 0 bridgehead atoms. The highest BCUT2D eigenvalue weighted by Gasteiger charge is 2.37. The molecule has 1 aliphatic heterocycles. The van der Waals surface area contributed by atoms with Gasteiger partial charge in [-0.05, 0) is 36.0 Å². The van der Waals surface area contributed by atoms with Crippen molar-refractivity contribution in [1.82, 2.24) is 5.06 Å². The maximum Gasteiger partial charge on any atom is 0.295 e. The highest BCUT2D eigenvalue weighted by atomic mass is 35.5. The van der Waals surface area contributed by atoms with Crippen molar-refractivity contribution in [3.8, 4) is 0 Å². The number of fused-ring (bicyclic) bond motifs is 1. The van der Waals surface area contributed by atoms with Gasteiger partial charge in [0.1, 0.15) is 0 Å². The van der Waals surface area contributed by atoms with Crippen LogP contribution in [0.2, 0.25) is 0 Å². The van der Waals surface area contributed by atoms with Crippen LogP contribution in [0.3, 0.4) is 0 Å². The molecule has 0 radical (unpaired) electrons. The number of hydrogen-bond acceptors (Lipinski definition) is 4. The summed E-state index contributed by atoms with van der Waals surface area (Å²) in [4.78, 5) is 27.9. The molecule has 0 atom stereocenters. The SMILES string of the molecule is O=C1c2ccccc2C(=O)N1OC(=S)Cl. The summed E-state index contributed by atoms with van der Waals surface area (Å²) in [6.07, 6.45) is 0. The van der Waals surface area contributed by atoms with Gasteiger partial charge in [0.25, 0.3) is 16.3 Å². The maximum atomic E-state index is 11.6. The molecule has 0 saturated carbocycles. The van der Waals surface area contributed by atoms with Gasteiger partial charge in [-0.15, -0.1) is 0 Å². The van der Waals surface area contributed by atoms with Crippen molar-refractivity contribution >= 4 is 40.1 Å². The molecule has 6 heteroatoms. The molecular weight excluding hydrogens is 238 g/mol. The average molecular weight is 242 g/mol. The van der Waals surface area contributed by atoms with Crippen molar-refractivity contribution in [2.24, 2.45) is 0 Å². The molecule has 0 N–H and O–H groups in total. The van der Waals surface area contributed by atoms with Crippen LogP contribution in [0, 0.1) is 0 Å². The number of halogens is 1. The minimum Gasteiger partial charge on any atom is -0.344 e. The molecule has 1 aromatic rings. The molecule has 2 rings (SSSR count). The minimum atomic E-state index is -0.557. The number of imide groups is 1. The van der Waals surface area contributed by atoms with Crippen molar-refractivity contribution < 1.29 is 14.4 Å². The monoisotopic (exact) mass is 241 g/mol. The molecule has 76 valence electrons. The maximum absolute atomic E-state index is 11.6. The van der Waals surface area contributed by atoms with Crippen molar-refractivity contribution in [3.63, 3.8) is 0 Å². The zero-order valence-corrected chi connectivity index (χ0v) is 8.84. The third-order valence-corrected chi connectivity index (χ3v) is 2.06. The normalized spacial score (nSPS) is 14.1. The Morgan fingerprint density at radius 2 is 1.67 bits per heavy atom. The quantitative estimate of drug-likeness (QED) is 0.427. The number of hydroxylamine groups is 2. The number of nitrogens with zero attached hydrogens (tertiary/aromatic N) is 1. The summed E-state index contributed by atoms with van der Waals surface area (Å²) in [5, 5.41) is 0.556. The largest absolute Gasteiger partial charge is 0.344 e. The molecule has 0 aliphatic carbocycles. The fourth-order valence-corrected chi connectivity index (χ4v) is 1.47. The Kier molecular flexibility index (Phi) is 2.42. The molecule has 0 fully saturated rings. The highest BCUT2D eigenvalue weighted by Crippen LogP contribution is 2.22. The third kappa shape index (κ3) is 1.60. The Bertz CT molecular complexity index is 439. The van der Waals surface area contributed by atoms with Gasteiger partial charge >= 0.3 is 0 Å². The van der Waals surface area contributed by atoms with Crippen LogP contribution in [0.5, 0.6) is 0 Å². The summed E-state index contributed by atoms with van der Waals surface area (Å²) >= 11 is 9.74. The fraction of sp³-hybridized carbons (Fsp3) is 0. The Balaban J connectivity index is 2.41. The molecular formula is C9H4ClNO3S. The first kappa shape index (κ1) is 10.1. The number of rotatable bonds is 1. The second-order valence-corrected chi connectivity index (χ2v) is 3.72. The molecule has 4 nitrogen and oxygen atoms in total. The van der Waals surface area contributed by atoms with Gasteiger partial charge in [-0.2, -0.15) is 0 Å². The summed E-state index contributed by atoms with van der Waals surface area (Å²) in [5.41, 5.74) is 0.575. The Labute approximate surface area is 95.3 Å². The summed E-state index contributed by atoms with van der Waals surface area (Å²) < 4.78 is -0.399. The predicted octanol–water partition coefficient (Wildman–Crippen LogP) is 1.74.